The van der Waals surface area contributed by atoms with Crippen LogP contribution in [0.3, 0.4) is 0 Å². The maximum Gasteiger partial charge on any atom is 0.303 e. The summed E-state index contributed by atoms with van der Waals surface area (Å²) >= 11 is 0. The summed E-state index contributed by atoms with van der Waals surface area (Å²) in [6.07, 6.45) is -1.94. The molecule has 8 heteroatoms. The van der Waals surface area contributed by atoms with Gasteiger partial charge in [0.25, 0.3) is 0 Å². The summed E-state index contributed by atoms with van der Waals surface area (Å²) in [6.45, 7) is 10.7. The Balaban J connectivity index is 1.95. The van der Waals surface area contributed by atoms with Gasteiger partial charge in [0.1, 0.15) is 24.4 Å². The number of esters is 1. The van der Waals surface area contributed by atoms with Gasteiger partial charge in [-0.1, -0.05) is 0 Å². The molecule has 3 rings (SSSR count). The summed E-state index contributed by atoms with van der Waals surface area (Å²) in [5.41, 5.74) is 0. The molecule has 0 unspecified atom stereocenters. The third kappa shape index (κ3) is 3.67. The number of nitrogens with zero attached hydrogens (tertiary/aromatic N) is 1. The summed E-state index contributed by atoms with van der Waals surface area (Å²) in [4.78, 5) is 25.7. The topological polar surface area (TPSA) is 83.5 Å². The Hall–Kier alpha value is -1.22. The van der Waals surface area contributed by atoms with Crippen molar-refractivity contribution in [3.63, 3.8) is 0 Å². The first-order chi connectivity index (χ1) is 11.5. The number of hydrogen-bond donors (Lipinski definition) is 0. The number of likely N-dealkylation sites (tertiary alicyclic amines) is 1. The molecule has 0 radical (unpaired) electrons. The molecule has 0 aromatic heterocycles. The lowest BCUT2D eigenvalue weighted by molar-refractivity contribution is -0.194. The van der Waals surface area contributed by atoms with Crippen LogP contribution in [0.1, 0.15) is 41.5 Å². The van der Waals surface area contributed by atoms with E-state index in [4.69, 9.17) is 23.7 Å². The Labute approximate surface area is 147 Å². The summed E-state index contributed by atoms with van der Waals surface area (Å²) in [6, 6.07) is -0.498. The molecule has 3 fully saturated rings. The van der Waals surface area contributed by atoms with Crippen LogP contribution in [0.5, 0.6) is 0 Å². The highest BCUT2D eigenvalue weighted by Gasteiger charge is 2.58. The quantitative estimate of drug-likeness (QED) is 0.677. The van der Waals surface area contributed by atoms with Crippen LogP contribution >= 0.6 is 0 Å². The first-order valence-corrected chi connectivity index (χ1v) is 8.61. The van der Waals surface area contributed by atoms with Gasteiger partial charge in [-0.25, -0.2) is 0 Å². The molecule has 3 saturated heterocycles. The van der Waals surface area contributed by atoms with Crippen LogP contribution in [0, 0.1) is 0 Å². The van der Waals surface area contributed by atoms with E-state index in [1.165, 1.54) is 13.8 Å². The standard InChI is InChI=1S/C17H27NO7/c1-9(19)18-7-11-14(25-17(5,6)23-11)15(22-10(2)20)13(18)12-8-21-16(3,4)24-12/h11-15H,7-8H2,1-6H3/t11-,12+,13+,14-,15+/m0/s1. The average Bonchev–Trinajstić information content (AvgIpc) is 2.95. The molecule has 0 bridgehead atoms. The molecule has 3 aliphatic rings. The maximum absolute atomic E-state index is 12.3. The van der Waals surface area contributed by atoms with Gasteiger partial charge >= 0.3 is 5.97 Å². The normalized spacial score (nSPS) is 39.1. The van der Waals surface area contributed by atoms with Crippen molar-refractivity contribution in [2.75, 3.05) is 13.2 Å². The van der Waals surface area contributed by atoms with Gasteiger partial charge in [0, 0.05) is 13.8 Å². The lowest BCUT2D eigenvalue weighted by atomic mass is 9.90. The second kappa shape index (κ2) is 6.19. The van der Waals surface area contributed by atoms with Crippen LogP contribution in [0.4, 0.5) is 0 Å². The molecule has 1 amide bonds. The van der Waals surface area contributed by atoms with Gasteiger partial charge in [0.15, 0.2) is 17.7 Å². The minimum Gasteiger partial charge on any atom is -0.457 e. The van der Waals surface area contributed by atoms with Gasteiger partial charge < -0.3 is 28.6 Å². The molecule has 3 aliphatic heterocycles. The summed E-state index contributed by atoms with van der Waals surface area (Å²) < 4.78 is 29.2. The van der Waals surface area contributed by atoms with Crippen molar-refractivity contribution in [2.45, 2.75) is 83.6 Å². The lowest BCUT2D eigenvalue weighted by Crippen LogP contribution is -2.66. The molecule has 0 N–H and O–H groups in total. The number of piperidine rings is 1. The molecular weight excluding hydrogens is 330 g/mol. The number of amides is 1. The molecule has 142 valence electrons. The van der Waals surface area contributed by atoms with E-state index in [1.54, 1.807) is 4.90 Å². The van der Waals surface area contributed by atoms with Gasteiger partial charge in [-0.05, 0) is 27.7 Å². The van der Waals surface area contributed by atoms with Crippen molar-refractivity contribution >= 4 is 11.9 Å². The minimum absolute atomic E-state index is 0.137. The predicted molar refractivity (Wildman–Crippen MR) is 85.5 cm³/mol. The summed E-state index contributed by atoms with van der Waals surface area (Å²) in [5.74, 6) is -2.14. The molecule has 0 saturated carbocycles. The lowest BCUT2D eigenvalue weighted by Gasteiger charge is -2.46. The van der Waals surface area contributed by atoms with E-state index >= 15 is 0 Å². The third-order valence-corrected chi connectivity index (χ3v) is 4.74. The van der Waals surface area contributed by atoms with E-state index in [9.17, 15) is 9.59 Å². The molecule has 5 atom stereocenters. The molecule has 8 nitrogen and oxygen atoms in total. The monoisotopic (exact) mass is 357 g/mol. The zero-order chi connectivity index (χ0) is 18.6. The molecular formula is C17H27NO7. The van der Waals surface area contributed by atoms with Crippen LogP contribution in [-0.2, 0) is 33.3 Å². The number of fused-ring (bicyclic) bond motifs is 1. The van der Waals surface area contributed by atoms with E-state index in [-0.39, 0.29) is 12.0 Å². The highest BCUT2D eigenvalue weighted by atomic mass is 16.8. The van der Waals surface area contributed by atoms with Gasteiger partial charge in [-0.2, -0.15) is 0 Å². The smallest absolute Gasteiger partial charge is 0.303 e. The highest BCUT2D eigenvalue weighted by molar-refractivity contribution is 5.74. The second-order valence-corrected chi connectivity index (χ2v) is 7.74. The number of ether oxygens (including phenoxy) is 5. The second-order valence-electron chi connectivity index (χ2n) is 7.74. The van der Waals surface area contributed by atoms with E-state index in [2.05, 4.69) is 0 Å². The van der Waals surface area contributed by atoms with Crippen LogP contribution in [-0.4, -0.2) is 72.0 Å². The van der Waals surface area contributed by atoms with Gasteiger partial charge in [0.05, 0.1) is 13.2 Å². The number of carbonyl (C=O) groups is 2. The minimum atomic E-state index is -0.808. The van der Waals surface area contributed by atoms with Crippen molar-refractivity contribution < 1.29 is 33.3 Å². The predicted octanol–water partition coefficient (Wildman–Crippen LogP) is 0.820. The Bertz CT molecular complexity index is 561. The van der Waals surface area contributed by atoms with Gasteiger partial charge in [0.2, 0.25) is 5.91 Å². The molecule has 0 spiro atoms. The fourth-order valence-corrected chi connectivity index (χ4v) is 3.93. The highest BCUT2D eigenvalue weighted by Crippen LogP contribution is 2.40. The molecule has 0 aromatic carbocycles. The van der Waals surface area contributed by atoms with Gasteiger partial charge in [-0.3, -0.25) is 9.59 Å². The number of rotatable bonds is 2. The zero-order valence-electron chi connectivity index (χ0n) is 15.6. The SMILES string of the molecule is CC(=O)O[C@H]1[C@H]2OC(C)(C)O[C@H]2CN(C(C)=O)[C@@H]1[C@H]1COC(C)(C)O1. The fraction of sp³-hybridized carbons (Fsp3) is 0.882. The van der Waals surface area contributed by atoms with Crippen LogP contribution < -0.4 is 0 Å². The van der Waals surface area contributed by atoms with E-state index in [0.29, 0.717) is 13.2 Å². The third-order valence-electron chi connectivity index (χ3n) is 4.74. The molecule has 0 aromatic rings. The van der Waals surface area contributed by atoms with Crippen LogP contribution in [0.25, 0.3) is 0 Å². The number of carbonyl (C=O) groups excluding carboxylic acids is 2. The van der Waals surface area contributed by atoms with E-state index in [0.717, 1.165) is 0 Å². The van der Waals surface area contributed by atoms with E-state index < -0.39 is 41.9 Å². The van der Waals surface area contributed by atoms with Crippen molar-refractivity contribution in [3.8, 4) is 0 Å². The van der Waals surface area contributed by atoms with Crippen molar-refractivity contribution in [3.05, 3.63) is 0 Å². The fourth-order valence-electron chi connectivity index (χ4n) is 3.93. The Morgan fingerprint density at radius 1 is 1.00 bits per heavy atom. The maximum atomic E-state index is 12.3. The van der Waals surface area contributed by atoms with Crippen molar-refractivity contribution in [1.82, 2.24) is 4.90 Å². The first kappa shape index (κ1) is 18.6. The molecule has 0 aliphatic carbocycles. The Morgan fingerprint density at radius 3 is 2.16 bits per heavy atom. The van der Waals surface area contributed by atoms with Crippen LogP contribution in [0.2, 0.25) is 0 Å². The number of hydrogen-bond acceptors (Lipinski definition) is 7. The Kier molecular flexibility index (Phi) is 4.60. The summed E-state index contributed by atoms with van der Waals surface area (Å²) in [7, 11) is 0. The molecule has 25 heavy (non-hydrogen) atoms. The van der Waals surface area contributed by atoms with Crippen LogP contribution in [0.15, 0.2) is 0 Å². The van der Waals surface area contributed by atoms with E-state index in [1.807, 2.05) is 27.7 Å². The Morgan fingerprint density at radius 2 is 1.64 bits per heavy atom. The summed E-state index contributed by atoms with van der Waals surface area (Å²) in [5, 5.41) is 0. The van der Waals surface area contributed by atoms with Crippen molar-refractivity contribution in [2.24, 2.45) is 0 Å². The first-order valence-electron chi connectivity index (χ1n) is 8.61. The van der Waals surface area contributed by atoms with Gasteiger partial charge in [-0.15, -0.1) is 0 Å². The average molecular weight is 357 g/mol. The molecule has 3 heterocycles. The zero-order valence-corrected chi connectivity index (χ0v) is 15.6. The van der Waals surface area contributed by atoms with Crippen molar-refractivity contribution in [1.29, 1.82) is 0 Å². The largest absolute Gasteiger partial charge is 0.457 e.